The lowest BCUT2D eigenvalue weighted by Crippen LogP contribution is -2.40. The fraction of sp³-hybridized carbons (Fsp3) is 0.409. The number of H-pyrrole nitrogens is 1. The number of aromatic nitrogens is 2. The highest BCUT2D eigenvalue weighted by Crippen LogP contribution is 2.36. The summed E-state index contributed by atoms with van der Waals surface area (Å²) in [6.45, 7) is 6.03. The molecule has 12 nitrogen and oxygen atoms in total. The van der Waals surface area contributed by atoms with Crippen molar-refractivity contribution in [1.29, 1.82) is 0 Å². The first-order valence-corrected chi connectivity index (χ1v) is 22.3. The number of amides is 1. The molecule has 1 atom stereocenters. The van der Waals surface area contributed by atoms with Gasteiger partial charge in [-0.3, -0.25) is 9.69 Å². The Morgan fingerprint density at radius 1 is 0.914 bits per heavy atom. The predicted molar refractivity (Wildman–Crippen MR) is 229 cm³/mol. The smallest absolute Gasteiger partial charge is 0.268 e. The van der Waals surface area contributed by atoms with Crippen LogP contribution in [0.5, 0.6) is 11.5 Å². The second-order valence-corrected chi connectivity index (χ2v) is 18.0. The number of piperidine rings is 1. The van der Waals surface area contributed by atoms with Gasteiger partial charge in [0, 0.05) is 73.8 Å². The largest absolute Gasteiger partial charge is 0.455 e. The number of rotatable bonds is 12. The number of nitrogens with two attached hydrogens (primary N) is 1. The molecule has 0 spiro atoms. The van der Waals surface area contributed by atoms with Gasteiger partial charge in [-0.05, 0) is 117 Å². The molecule has 3 aliphatic heterocycles. The number of aromatic amines is 1. The van der Waals surface area contributed by atoms with Crippen molar-refractivity contribution in [2.24, 2.45) is 11.8 Å². The van der Waals surface area contributed by atoms with E-state index in [1.54, 1.807) is 24.5 Å². The molecule has 306 valence electrons. The van der Waals surface area contributed by atoms with Crippen molar-refractivity contribution in [3.63, 3.8) is 0 Å². The quantitative estimate of drug-likeness (QED) is 0.0902. The molecule has 5 N–H and O–H groups in total. The Balaban J connectivity index is 0.970. The van der Waals surface area contributed by atoms with E-state index in [4.69, 9.17) is 26.8 Å². The van der Waals surface area contributed by atoms with Crippen LogP contribution in [0.1, 0.15) is 73.3 Å². The first-order chi connectivity index (χ1) is 28.2. The number of halogens is 1. The number of nitrogen functional groups attached to an aromatic ring is 1. The van der Waals surface area contributed by atoms with Crippen molar-refractivity contribution in [3.8, 4) is 11.5 Å². The van der Waals surface area contributed by atoms with E-state index in [0.717, 1.165) is 87.6 Å². The zero-order valence-corrected chi connectivity index (χ0v) is 34.2. The number of sulfonamides is 1. The molecule has 0 radical (unpaired) electrons. The fourth-order valence-electron chi connectivity index (χ4n) is 8.55. The Morgan fingerprint density at radius 2 is 1.72 bits per heavy atom. The molecule has 1 amide bonds. The van der Waals surface area contributed by atoms with Crippen molar-refractivity contribution in [1.82, 2.24) is 19.6 Å². The minimum absolute atomic E-state index is 0.0773. The standard InChI is InChI=1S/C44H52ClN7O5S/c45-34-7-5-32(6-8-34)41-4-2-1-3-19-52(41)29-31-14-20-51(21-15-31)35-9-11-38(42(25-35)57-36-24-33-13-18-47-43(33)49-28-36)44(53)50-58(54,55)37-10-12-40(39(46)26-37)48-27-30-16-22-56-23-17-30/h5-13,18,24-26,28,30-31,41,48H,1-4,14-17,19-23,27,29,46H2,(H,47,49)(H,50,53). The van der Waals surface area contributed by atoms with Crippen molar-refractivity contribution >= 4 is 55.6 Å². The van der Waals surface area contributed by atoms with Crippen LogP contribution in [0.15, 0.2) is 90.1 Å². The Hall–Kier alpha value is -4.82. The number of anilines is 3. The number of carbonyl (C=O) groups excluding carboxylic acids is 1. The molecule has 1 unspecified atom stereocenters. The van der Waals surface area contributed by atoms with Crippen LogP contribution in [0.3, 0.4) is 0 Å². The first-order valence-electron chi connectivity index (χ1n) is 20.5. The van der Waals surface area contributed by atoms with E-state index in [9.17, 15) is 13.2 Å². The minimum atomic E-state index is -4.28. The van der Waals surface area contributed by atoms with Gasteiger partial charge in [0.15, 0.2) is 0 Å². The summed E-state index contributed by atoms with van der Waals surface area (Å²) in [6.07, 6.45) is 12.2. The van der Waals surface area contributed by atoms with Crippen LogP contribution in [-0.4, -0.2) is 75.1 Å². The third kappa shape index (κ3) is 9.55. The minimum Gasteiger partial charge on any atom is -0.455 e. The van der Waals surface area contributed by atoms with E-state index in [1.165, 1.54) is 37.0 Å². The van der Waals surface area contributed by atoms with Gasteiger partial charge in [-0.25, -0.2) is 18.1 Å². The Morgan fingerprint density at radius 3 is 2.52 bits per heavy atom. The monoisotopic (exact) mass is 825 g/mol. The van der Waals surface area contributed by atoms with E-state index in [-0.39, 0.29) is 21.9 Å². The number of likely N-dealkylation sites (tertiary alicyclic amines) is 1. The van der Waals surface area contributed by atoms with E-state index in [1.807, 2.05) is 36.4 Å². The molecule has 5 heterocycles. The number of carbonyl (C=O) groups is 1. The van der Waals surface area contributed by atoms with Crippen LogP contribution in [0.25, 0.3) is 11.0 Å². The second kappa shape index (κ2) is 18.0. The Labute approximate surface area is 345 Å². The predicted octanol–water partition coefficient (Wildman–Crippen LogP) is 8.38. The van der Waals surface area contributed by atoms with Crippen LogP contribution in [0, 0.1) is 11.8 Å². The number of hydrogen-bond acceptors (Lipinski definition) is 10. The van der Waals surface area contributed by atoms with Crippen LogP contribution in [0.2, 0.25) is 5.02 Å². The van der Waals surface area contributed by atoms with Gasteiger partial charge in [0.05, 0.1) is 28.0 Å². The summed E-state index contributed by atoms with van der Waals surface area (Å²) in [7, 11) is -4.28. The summed E-state index contributed by atoms with van der Waals surface area (Å²) in [5.74, 6) is 0.842. The zero-order valence-electron chi connectivity index (χ0n) is 32.7. The number of pyridine rings is 1. The van der Waals surface area contributed by atoms with Crippen LogP contribution < -0.4 is 25.4 Å². The molecule has 0 aliphatic carbocycles. The molecule has 14 heteroatoms. The van der Waals surface area contributed by atoms with Crippen LogP contribution in [0.4, 0.5) is 17.1 Å². The summed E-state index contributed by atoms with van der Waals surface area (Å²) >= 11 is 6.23. The lowest BCUT2D eigenvalue weighted by atomic mass is 9.93. The second-order valence-electron chi connectivity index (χ2n) is 15.8. The molecule has 8 rings (SSSR count). The van der Waals surface area contributed by atoms with Crippen molar-refractivity contribution in [3.05, 3.63) is 101 Å². The molecule has 3 fully saturated rings. The zero-order chi connectivity index (χ0) is 40.1. The number of benzene rings is 3. The average molecular weight is 826 g/mol. The van der Waals surface area contributed by atoms with Crippen molar-refractivity contribution < 1.29 is 22.7 Å². The Bertz CT molecular complexity index is 2310. The maximum Gasteiger partial charge on any atom is 0.268 e. The molecule has 0 bridgehead atoms. The number of ether oxygens (including phenoxy) is 2. The maximum absolute atomic E-state index is 13.9. The maximum atomic E-state index is 13.9. The molecular weight excluding hydrogens is 774 g/mol. The Kier molecular flexibility index (Phi) is 12.4. The molecule has 0 saturated carbocycles. The van der Waals surface area contributed by atoms with Gasteiger partial charge in [0.1, 0.15) is 17.1 Å². The van der Waals surface area contributed by atoms with Crippen molar-refractivity contribution in [2.45, 2.75) is 62.3 Å². The SMILES string of the molecule is Nc1cc(S(=O)(=O)NC(=O)c2ccc(N3CCC(CN4CCCCCC4c4ccc(Cl)cc4)CC3)cc2Oc2cnc3[nH]ccc3c2)ccc1NCC1CCOCC1. The molecule has 3 saturated heterocycles. The van der Waals surface area contributed by atoms with Gasteiger partial charge in [0.25, 0.3) is 15.9 Å². The molecule has 2 aromatic heterocycles. The van der Waals surface area contributed by atoms with Gasteiger partial charge in [-0.15, -0.1) is 0 Å². The third-order valence-corrected chi connectivity index (χ3v) is 13.5. The highest BCUT2D eigenvalue weighted by molar-refractivity contribution is 7.90. The van der Waals surface area contributed by atoms with E-state index in [2.05, 4.69) is 41.9 Å². The van der Waals surface area contributed by atoms with Crippen LogP contribution in [-0.2, 0) is 14.8 Å². The summed E-state index contributed by atoms with van der Waals surface area (Å²) in [6, 6.07) is 22.3. The van der Waals surface area contributed by atoms with Gasteiger partial charge in [-0.2, -0.15) is 0 Å². The number of nitrogens with one attached hydrogen (secondary N) is 3. The number of hydrogen-bond donors (Lipinski definition) is 4. The van der Waals surface area contributed by atoms with Gasteiger partial charge < -0.3 is 30.4 Å². The highest BCUT2D eigenvalue weighted by atomic mass is 35.5. The highest BCUT2D eigenvalue weighted by Gasteiger charge is 2.29. The average Bonchev–Trinajstić information content (AvgIpc) is 3.58. The lowest BCUT2D eigenvalue weighted by molar-refractivity contribution is 0.0699. The summed E-state index contributed by atoms with van der Waals surface area (Å²) in [5, 5.41) is 4.95. The van der Waals surface area contributed by atoms with Crippen molar-refractivity contribution in [2.75, 3.05) is 61.9 Å². The third-order valence-electron chi connectivity index (χ3n) is 11.9. The summed E-state index contributed by atoms with van der Waals surface area (Å²) < 4.78 is 41.3. The molecule has 3 aromatic carbocycles. The van der Waals surface area contributed by atoms with E-state index in [0.29, 0.717) is 41.5 Å². The summed E-state index contributed by atoms with van der Waals surface area (Å²) in [5.41, 5.74) is 10.2. The van der Waals surface area contributed by atoms with Crippen LogP contribution >= 0.6 is 11.6 Å². The number of nitrogens with zero attached hydrogens (tertiary/aromatic N) is 3. The van der Waals surface area contributed by atoms with Gasteiger partial charge in [0.2, 0.25) is 0 Å². The molecule has 58 heavy (non-hydrogen) atoms. The fourth-order valence-corrected chi connectivity index (χ4v) is 9.67. The van der Waals surface area contributed by atoms with E-state index < -0.39 is 15.9 Å². The van der Waals surface area contributed by atoms with Gasteiger partial charge >= 0.3 is 0 Å². The number of fused-ring (bicyclic) bond motifs is 1. The molecule has 3 aliphatic rings. The van der Waals surface area contributed by atoms with E-state index >= 15 is 0 Å². The normalized spacial score (nSPS) is 18.8. The molecular formula is C44H52ClN7O5S. The topological polar surface area (TPSA) is 155 Å². The lowest BCUT2D eigenvalue weighted by Gasteiger charge is -2.38. The molecule has 5 aromatic rings. The van der Waals surface area contributed by atoms with Gasteiger partial charge in [-0.1, -0.05) is 36.6 Å². The first kappa shape index (κ1) is 40.0. The summed E-state index contributed by atoms with van der Waals surface area (Å²) in [4.78, 5) is 26.3.